The molecular weight excluding hydrogens is 337 g/mol. The second-order valence-corrected chi connectivity index (χ2v) is 6.29. The molecule has 0 saturated heterocycles. The molecule has 1 aliphatic rings. The Bertz CT molecular complexity index is 987. The minimum absolute atomic E-state index is 0.103. The van der Waals surface area contributed by atoms with Gasteiger partial charge in [0.25, 0.3) is 5.91 Å². The van der Waals surface area contributed by atoms with Gasteiger partial charge in [-0.2, -0.15) is 4.39 Å². The van der Waals surface area contributed by atoms with Gasteiger partial charge in [-0.05, 0) is 26.0 Å². The first-order chi connectivity index (χ1) is 12.5. The highest BCUT2D eigenvalue weighted by atomic mass is 19.1. The number of ether oxygens (including phenoxy) is 1. The highest BCUT2D eigenvalue weighted by molar-refractivity contribution is 6.00. The third-order valence-corrected chi connectivity index (χ3v) is 4.30. The average Bonchev–Trinajstić information content (AvgIpc) is 2.94. The molecule has 3 aromatic rings. The lowest BCUT2D eigenvalue weighted by molar-refractivity contribution is 0.0929. The normalized spacial score (nSPS) is 20.2. The van der Waals surface area contributed by atoms with Crippen LogP contribution in [0.5, 0.6) is 5.75 Å². The number of halogens is 1. The molecule has 0 radical (unpaired) electrons. The number of fused-ring (bicyclic) bond motifs is 2. The van der Waals surface area contributed by atoms with Crippen molar-refractivity contribution in [2.75, 3.05) is 11.9 Å². The predicted octanol–water partition coefficient (Wildman–Crippen LogP) is 2.55. The standard InChI is InChI=1S/C18H18FN5O2/c1-10-9-20-18(25)15-16(19)23-24-8-7-14(22-17(15)24)21-11(2)12-5-3-4-6-13(12)26-10/h3-8,10-11H,9H2,1-2H3,(H,20,25)(H,21,22). The summed E-state index contributed by atoms with van der Waals surface area (Å²) in [6, 6.07) is 9.27. The quantitative estimate of drug-likeness (QED) is 0.648. The molecule has 1 aromatic carbocycles. The molecule has 1 amide bonds. The van der Waals surface area contributed by atoms with Gasteiger partial charge in [0, 0.05) is 11.8 Å². The number of para-hydroxylation sites is 1. The second-order valence-electron chi connectivity index (χ2n) is 6.29. The van der Waals surface area contributed by atoms with Crippen LogP contribution in [-0.4, -0.2) is 33.2 Å². The fraction of sp³-hybridized carbons (Fsp3) is 0.278. The van der Waals surface area contributed by atoms with Crippen LogP contribution < -0.4 is 15.4 Å². The lowest BCUT2D eigenvalue weighted by atomic mass is 10.1. The van der Waals surface area contributed by atoms with Gasteiger partial charge in [-0.25, -0.2) is 9.50 Å². The van der Waals surface area contributed by atoms with E-state index in [-0.39, 0.29) is 29.9 Å². The molecule has 7 nitrogen and oxygen atoms in total. The molecule has 8 heteroatoms. The lowest BCUT2D eigenvalue weighted by Gasteiger charge is -2.21. The number of hydrogen-bond acceptors (Lipinski definition) is 5. The maximum absolute atomic E-state index is 14.2. The molecule has 1 aliphatic heterocycles. The zero-order valence-corrected chi connectivity index (χ0v) is 14.4. The Labute approximate surface area is 149 Å². The summed E-state index contributed by atoms with van der Waals surface area (Å²) in [6.45, 7) is 4.06. The van der Waals surface area contributed by atoms with Gasteiger partial charge in [0.2, 0.25) is 5.95 Å². The first-order valence-electron chi connectivity index (χ1n) is 8.38. The number of carbonyl (C=O) groups excluding carboxylic acids is 1. The van der Waals surface area contributed by atoms with Crippen molar-refractivity contribution in [3.8, 4) is 5.75 Å². The van der Waals surface area contributed by atoms with Crippen molar-refractivity contribution >= 4 is 17.4 Å². The number of aromatic nitrogens is 3. The van der Waals surface area contributed by atoms with Gasteiger partial charge in [-0.1, -0.05) is 18.2 Å². The largest absolute Gasteiger partial charge is 0.489 e. The minimum atomic E-state index is -0.855. The van der Waals surface area contributed by atoms with E-state index in [4.69, 9.17) is 4.74 Å². The summed E-state index contributed by atoms with van der Waals surface area (Å²) in [5, 5.41) is 9.68. The molecule has 26 heavy (non-hydrogen) atoms. The van der Waals surface area contributed by atoms with Crippen LogP contribution >= 0.6 is 0 Å². The molecule has 2 aromatic heterocycles. The van der Waals surface area contributed by atoms with Crippen molar-refractivity contribution in [3.05, 3.63) is 53.6 Å². The molecule has 2 unspecified atom stereocenters. The first-order valence-corrected chi connectivity index (χ1v) is 8.38. The van der Waals surface area contributed by atoms with Crippen molar-refractivity contribution in [2.45, 2.75) is 26.0 Å². The molecule has 2 bridgehead atoms. The monoisotopic (exact) mass is 355 g/mol. The van der Waals surface area contributed by atoms with E-state index in [0.29, 0.717) is 5.82 Å². The van der Waals surface area contributed by atoms with E-state index in [9.17, 15) is 9.18 Å². The van der Waals surface area contributed by atoms with E-state index in [2.05, 4.69) is 20.7 Å². The summed E-state index contributed by atoms with van der Waals surface area (Å²) in [4.78, 5) is 16.8. The van der Waals surface area contributed by atoms with E-state index >= 15 is 0 Å². The fourth-order valence-electron chi connectivity index (χ4n) is 3.01. The number of hydrogen-bond donors (Lipinski definition) is 2. The summed E-state index contributed by atoms with van der Waals surface area (Å²) in [7, 11) is 0. The Hall–Kier alpha value is -3.16. The summed E-state index contributed by atoms with van der Waals surface area (Å²) in [6.07, 6.45) is 1.28. The molecule has 0 saturated carbocycles. The van der Waals surface area contributed by atoms with E-state index in [1.54, 1.807) is 12.3 Å². The highest BCUT2D eigenvalue weighted by Crippen LogP contribution is 2.28. The maximum Gasteiger partial charge on any atom is 0.260 e. The Morgan fingerprint density at radius 3 is 2.92 bits per heavy atom. The van der Waals surface area contributed by atoms with Gasteiger partial charge >= 0.3 is 0 Å². The van der Waals surface area contributed by atoms with Crippen LogP contribution in [-0.2, 0) is 0 Å². The smallest absolute Gasteiger partial charge is 0.260 e. The minimum Gasteiger partial charge on any atom is -0.489 e. The molecule has 0 aliphatic carbocycles. The van der Waals surface area contributed by atoms with Crippen molar-refractivity contribution in [2.24, 2.45) is 0 Å². The van der Waals surface area contributed by atoms with Crippen LogP contribution in [0.4, 0.5) is 10.2 Å². The third kappa shape index (κ3) is 2.83. The van der Waals surface area contributed by atoms with Gasteiger partial charge < -0.3 is 15.4 Å². The molecule has 3 heterocycles. The van der Waals surface area contributed by atoms with E-state index in [1.807, 2.05) is 38.1 Å². The molecule has 4 rings (SSSR count). The molecular formula is C18H18FN5O2. The Morgan fingerprint density at radius 1 is 1.27 bits per heavy atom. The molecule has 0 fully saturated rings. The Balaban J connectivity index is 1.84. The second kappa shape index (κ2) is 6.29. The highest BCUT2D eigenvalue weighted by Gasteiger charge is 2.23. The van der Waals surface area contributed by atoms with Gasteiger partial charge in [-0.15, -0.1) is 5.10 Å². The van der Waals surface area contributed by atoms with Crippen molar-refractivity contribution in [3.63, 3.8) is 0 Å². The van der Waals surface area contributed by atoms with Crippen molar-refractivity contribution < 1.29 is 13.9 Å². The Morgan fingerprint density at radius 2 is 2.08 bits per heavy atom. The number of anilines is 1. The number of rotatable bonds is 0. The number of nitrogens with zero attached hydrogens (tertiary/aromatic N) is 3. The summed E-state index contributed by atoms with van der Waals surface area (Å²) < 4.78 is 21.4. The number of benzene rings is 1. The molecule has 2 atom stereocenters. The van der Waals surface area contributed by atoms with E-state index < -0.39 is 11.9 Å². The van der Waals surface area contributed by atoms with Crippen LogP contribution in [0, 0.1) is 5.95 Å². The van der Waals surface area contributed by atoms with Crippen LogP contribution in [0.3, 0.4) is 0 Å². The van der Waals surface area contributed by atoms with E-state index in [1.165, 1.54) is 4.52 Å². The zero-order valence-electron chi connectivity index (χ0n) is 14.4. The average molecular weight is 355 g/mol. The SMILES string of the molecule is CC1CNC(=O)c2c(F)nn3ccc(nc23)NC(C)c2ccccc2O1. The van der Waals surface area contributed by atoms with Gasteiger partial charge in [0.1, 0.15) is 23.2 Å². The summed E-state index contributed by atoms with van der Waals surface area (Å²) in [5.41, 5.74) is 0.954. The number of nitrogens with one attached hydrogen (secondary N) is 2. The maximum atomic E-state index is 14.2. The summed E-state index contributed by atoms with van der Waals surface area (Å²) >= 11 is 0. The number of carbonyl (C=O) groups is 1. The van der Waals surface area contributed by atoms with E-state index in [0.717, 1.165) is 11.3 Å². The first kappa shape index (κ1) is 16.3. The summed E-state index contributed by atoms with van der Waals surface area (Å²) in [5.74, 6) is -0.185. The van der Waals surface area contributed by atoms with Gasteiger partial charge in [0.05, 0.1) is 12.6 Å². The zero-order chi connectivity index (χ0) is 18.3. The van der Waals surface area contributed by atoms with Crippen molar-refractivity contribution in [1.29, 1.82) is 0 Å². The van der Waals surface area contributed by atoms with Crippen LogP contribution in [0.15, 0.2) is 36.5 Å². The fourth-order valence-corrected chi connectivity index (χ4v) is 3.01. The van der Waals surface area contributed by atoms with Crippen molar-refractivity contribution in [1.82, 2.24) is 19.9 Å². The van der Waals surface area contributed by atoms with Crippen LogP contribution in [0.1, 0.15) is 35.8 Å². The molecule has 0 spiro atoms. The van der Waals surface area contributed by atoms with Gasteiger partial charge in [-0.3, -0.25) is 4.79 Å². The molecule has 2 N–H and O–H groups in total. The lowest BCUT2D eigenvalue weighted by Crippen LogP contribution is -2.34. The predicted molar refractivity (Wildman–Crippen MR) is 93.8 cm³/mol. The molecule has 134 valence electrons. The topological polar surface area (TPSA) is 80.6 Å². The number of amides is 1. The van der Waals surface area contributed by atoms with Crippen LogP contribution in [0.2, 0.25) is 0 Å². The van der Waals surface area contributed by atoms with Gasteiger partial charge in [0.15, 0.2) is 5.65 Å². The Kier molecular flexibility index (Phi) is 3.95. The van der Waals surface area contributed by atoms with Crippen LogP contribution in [0.25, 0.3) is 5.65 Å². The third-order valence-electron chi connectivity index (χ3n) is 4.30.